The number of carbonyl (C=O) groups is 1. The van der Waals surface area contributed by atoms with Crippen LogP contribution in [0.2, 0.25) is 0 Å². The van der Waals surface area contributed by atoms with E-state index in [9.17, 15) is 4.79 Å². The van der Waals surface area contributed by atoms with E-state index in [1.54, 1.807) is 7.11 Å². The molecule has 0 aromatic heterocycles. The molecule has 1 rings (SSSR count). The van der Waals surface area contributed by atoms with Crippen LogP contribution in [0.15, 0.2) is 0 Å². The monoisotopic (exact) mass is 242 g/mol. The van der Waals surface area contributed by atoms with Crippen molar-refractivity contribution in [2.24, 2.45) is 17.6 Å². The Kier molecular flexibility index (Phi) is 5.40. The summed E-state index contributed by atoms with van der Waals surface area (Å²) in [4.78, 5) is 14.0. The molecule has 3 unspecified atom stereocenters. The van der Waals surface area contributed by atoms with Gasteiger partial charge in [-0.2, -0.15) is 0 Å². The van der Waals surface area contributed by atoms with Gasteiger partial charge in [0.25, 0.3) is 0 Å². The van der Waals surface area contributed by atoms with Gasteiger partial charge in [0.1, 0.15) is 0 Å². The molecule has 100 valence electrons. The molecular formula is C13H26N2O2. The number of carbonyl (C=O) groups excluding carboxylic acids is 1. The predicted molar refractivity (Wildman–Crippen MR) is 68.6 cm³/mol. The largest absolute Gasteiger partial charge is 0.379 e. The van der Waals surface area contributed by atoms with Crippen molar-refractivity contribution in [1.29, 1.82) is 0 Å². The summed E-state index contributed by atoms with van der Waals surface area (Å²) in [6.07, 6.45) is 1.90. The maximum absolute atomic E-state index is 12.1. The lowest BCUT2D eigenvalue weighted by Crippen LogP contribution is -2.52. The Balaban J connectivity index is 2.52. The van der Waals surface area contributed by atoms with Gasteiger partial charge in [0.15, 0.2) is 0 Å². The van der Waals surface area contributed by atoms with Crippen LogP contribution in [0.1, 0.15) is 33.6 Å². The molecule has 4 heteroatoms. The topological polar surface area (TPSA) is 55.6 Å². The summed E-state index contributed by atoms with van der Waals surface area (Å²) in [6, 6.07) is -0.360. The van der Waals surface area contributed by atoms with Crippen molar-refractivity contribution in [3.8, 4) is 0 Å². The van der Waals surface area contributed by atoms with Crippen LogP contribution >= 0.6 is 0 Å². The zero-order valence-electron chi connectivity index (χ0n) is 11.5. The summed E-state index contributed by atoms with van der Waals surface area (Å²) < 4.78 is 5.41. The van der Waals surface area contributed by atoms with Crippen molar-refractivity contribution in [2.45, 2.75) is 45.8 Å². The van der Waals surface area contributed by atoms with Crippen molar-refractivity contribution < 1.29 is 9.53 Å². The SMILES string of the molecule is COC1CN(C(=O)C(N)CC(C)C)CCC1C. The predicted octanol–water partition coefficient (Wildman–Crippen LogP) is 1.24. The van der Waals surface area contributed by atoms with E-state index in [1.807, 2.05) is 4.90 Å². The third kappa shape index (κ3) is 3.96. The smallest absolute Gasteiger partial charge is 0.239 e. The van der Waals surface area contributed by atoms with Gasteiger partial charge in [-0.25, -0.2) is 0 Å². The maximum Gasteiger partial charge on any atom is 0.239 e. The van der Waals surface area contributed by atoms with E-state index in [1.165, 1.54) is 0 Å². The van der Waals surface area contributed by atoms with Crippen LogP contribution in [0, 0.1) is 11.8 Å². The Hall–Kier alpha value is -0.610. The molecule has 0 saturated carbocycles. The first-order valence-electron chi connectivity index (χ1n) is 6.52. The third-order valence-corrected chi connectivity index (χ3v) is 3.55. The van der Waals surface area contributed by atoms with E-state index in [4.69, 9.17) is 10.5 Å². The fourth-order valence-electron chi connectivity index (χ4n) is 2.38. The van der Waals surface area contributed by atoms with Gasteiger partial charge in [-0.05, 0) is 24.7 Å². The number of likely N-dealkylation sites (tertiary alicyclic amines) is 1. The summed E-state index contributed by atoms with van der Waals surface area (Å²) in [5.74, 6) is 1.05. The summed E-state index contributed by atoms with van der Waals surface area (Å²) in [7, 11) is 1.71. The fraction of sp³-hybridized carbons (Fsp3) is 0.923. The van der Waals surface area contributed by atoms with Crippen LogP contribution in [0.5, 0.6) is 0 Å². The molecule has 1 aliphatic rings. The summed E-state index contributed by atoms with van der Waals surface area (Å²) in [5, 5.41) is 0. The average Bonchev–Trinajstić information content (AvgIpc) is 2.27. The van der Waals surface area contributed by atoms with Gasteiger partial charge in [0.05, 0.1) is 12.1 Å². The second kappa shape index (κ2) is 6.36. The molecule has 4 nitrogen and oxygen atoms in total. The van der Waals surface area contributed by atoms with Crippen molar-refractivity contribution in [3.05, 3.63) is 0 Å². The highest BCUT2D eigenvalue weighted by Gasteiger charge is 2.30. The van der Waals surface area contributed by atoms with E-state index in [0.717, 1.165) is 19.4 Å². The molecule has 0 aliphatic carbocycles. The highest BCUT2D eigenvalue weighted by atomic mass is 16.5. The van der Waals surface area contributed by atoms with Crippen molar-refractivity contribution in [1.82, 2.24) is 4.90 Å². The van der Waals surface area contributed by atoms with Crippen LogP contribution in [-0.2, 0) is 9.53 Å². The van der Waals surface area contributed by atoms with Gasteiger partial charge in [-0.3, -0.25) is 4.79 Å². The molecule has 0 bridgehead atoms. The maximum atomic E-state index is 12.1. The van der Waals surface area contributed by atoms with Crippen LogP contribution in [-0.4, -0.2) is 43.2 Å². The van der Waals surface area contributed by atoms with Gasteiger partial charge in [0.2, 0.25) is 5.91 Å². The zero-order valence-corrected chi connectivity index (χ0v) is 11.5. The molecule has 1 aliphatic heterocycles. The Morgan fingerprint density at radius 3 is 2.71 bits per heavy atom. The molecule has 0 radical (unpaired) electrons. The summed E-state index contributed by atoms with van der Waals surface area (Å²) >= 11 is 0. The van der Waals surface area contributed by atoms with E-state index >= 15 is 0 Å². The summed E-state index contributed by atoms with van der Waals surface area (Å²) in [6.45, 7) is 7.84. The number of rotatable bonds is 4. The quantitative estimate of drug-likeness (QED) is 0.807. The number of hydrogen-bond acceptors (Lipinski definition) is 3. The second-order valence-electron chi connectivity index (χ2n) is 5.56. The molecule has 0 spiro atoms. The number of nitrogens with zero attached hydrogens (tertiary/aromatic N) is 1. The minimum Gasteiger partial charge on any atom is -0.379 e. The van der Waals surface area contributed by atoms with Crippen LogP contribution in [0.25, 0.3) is 0 Å². The van der Waals surface area contributed by atoms with Crippen LogP contribution in [0.4, 0.5) is 0 Å². The lowest BCUT2D eigenvalue weighted by molar-refractivity contribution is -0.138. The van der Waals surface area contributed by atoms with Crippen molar-refractivity contribution in [3.63, 3.8) is 0 Å². The van der Waals surface area contributed by atoms with Gasteiger partial charge < -0.3 is 15.4 Å². The fourth-order valence-corrected chi connectivity index (χ4v) is 2.38. The minimum atomic E-state index is -0.360. The molecule has 1 amide bonds. The lowest BCUT2D eigenvalue weighted by Gasteiger charge is -2.37. The summed E-state index contributed by atoms with van der Waals surface area (Å²) in [5.41, 5.74) is 5.94. The molecule has 3 atom stereocenters. The van der Waals surface area contributed by atoms with Gasteiger partial charge in [0, 0.05) is 20.2 Å². The Morgan fingerprint density at radius 1 is 1.53 bits per heavy atom. The molecule has 0 aromatic rings. The second-order valence-corrected chi connectivity index (χ2v) is 5.56. The first kappa shape index (κ1) is 14.5. The normalized spacial score (nSPS) is 27.3. The zero-order chi connectivity index (χ0) is 13.0. The van der Waals surface area contributed by atoms with Gasteiger partial charge in [-0.15, -0.1) is 0 Å². The molecular weight excluding hydrogens is 216 g/mol. The van der Waals surface area contributed by atoms with Crippen LogP contribution in [0.3, 0.4) is 0 Å². The minimum absolute atomic E-state index is 0.0765. The first-order chi connectivity index (χ1) is 7.95. The van der Waals surface area contributed by atoms with E-state index in [-0.39, 0.29) is 18.1 Å². The van der Waals surface area contributed by atoms with Crippen LogP contribution < -0.4 is 5.73 Å². The standard InChI is InChI=1S/C13H26N2O2/c1-9(2)7-11(14)13(16)15-6-5-10(3)12(8-15)17-4/h9-12H,5-8,14H2,1-4H3. The highest BCUT2D eigenvalue weighted by Crippen LogP contribution is 2.20. The molecule has 17 heavy (non-hydrogen) atoms. The van der Waals surface area contributed by atoms with Crippen molar-refractivity contribution >= 4 is 5.91 Å². The lowest BCUT2D eigenvalue weighted by atomic mass is 9.94. The number of ether oxygens (including phenoxy) is 1. The average molecular weight is 242 g/mol. The van der Waals surface area contributed by atoms with E-state index < -0.39 is 0 Å². The Bertz CT molecular complexity index is 256. The Morgan fingerprint density at radius 2 is 2.18 bits per heavy atom. The molecule has 1 fully saturated rings. The van der Waals surface area contributed by atoms with Gasteiger partial charge >= 0.3 is 0 Å². The van der Waals surface area contributed by atoms with E-state index in [0.29, 0.717) is 18.4 Å². The highest BCUT2D eigenvalue weighted by molar-refractivity contribution is 5.81. The third-order valence-electron chi connectivity index (χ3n) is 3.55. The number of hydrogen-bond donors (Lipinski definition) is 1. The molecule has 1 saturated heterocycles. The van der Waals surface area contributed by atoms with Crippen molar-refractivity contribution in [2.75, 3.05) is 20.2 Å². The number of methoxy groups -OCH3 is 1. The Labute approximate surface area is 104 Å². The number of amides is 1. The molecule has 1 heterocycles. The number of piperidine rings is 1. The van der Waals surface area contributed by atoms with Gasteiger partial charge in [-0.1, -0.05) is 20.8 Å². The molecule has 0 aromatic carbocycles. The number of nitrogens with two attached hydrogens (primary N) is 1. The first-order valence-corrected chi connectivity index (χ1v) is 6.52. The van der Waals surface area contributed by atoms with E-state index in [2.05, 4.69) is 20.8 Å². The molecule has 2 N–H and O–H groups in total.